The molecule has 1 saturated heterocycles. The van der Waals surface area contributed by atoms with Crippen molar-refractivity contribution in [2.75, 3.05) is 6.54 Å². The molecule has 0 spiro atoms. The summed E-state index contributed by atoms with van der Waals surface area (Å²) in [6.45, 7) is 10.1. The van der Waals surface area contributed by atoms with Crippen LogP contribution in [0.3, 0.4) is 0 Å². The van der Waals surface area contributed by atoms with Crippen molar-refractivity contribution >= 4 is 29.2 Å². The first-order valence-corrected chi connectivity index (χ1v) is 11.2. The first-order chi connectivity index (χ1) is 15.0. The van der Waals surface area contributed by atoms with Crippen LogP contribution in [0.4, 0.5) is 0 Å². The molecule has 2 aromatic rings. The molecule has 2 heterocycles. The quantitative estimate of drug-likeness (QED) is 0.708. The zero-order chi connectivity index (χ0) is 23.6. The van der Waals surface area contributed by atoms with E-state index < -0.39 is 12.0 Å². The molecule has 1 aliphatic rings. The Balaban J connectivity index is 1.77. The lowest BCUT2D eigenvalue weighted by Crippen LogP contribution is -2.47. The highest BCUT2D eigenvalue weighted by Crippen LogP contribution is 2.32. The molecule has 1 aromatic carbocycles. The molecule has 0 aliphatic carbocycles. The van der Waals surface area contributed by atoms with Gasteiger partial charge in [-0.1, -0.05) is 63.5 Å². The van der Waals surface area contributed by atoms with Crippen molar-refractivity contribution in [3.8, 4) is 0 Å². The fourth-order valence-electron chi connectivity index (χ4n) is 3.77. The average molecular weight is 460 g/mol. The van der Waals surface area contributed by atoms with E-state index in [1.807, 2.05) is 46.8 Å². The molecule has 32 heavy (non-hydrogen) atoms. The molecule has 1 aliphatic heterocycles. The van der Waals surface area contributed by atoms with Gasteiger partial charge >= 0.3 is 0 Å². The molecule has 2 atom stereocenters. The van der Waals surface area contributed by atoms with Gasteiger partial charge < -0.3 is 14.7 Å². The van der Waals surface area contributed by atoms with E-state index in [1.165, 1.54) is 4.90 Å². The van der Waals surface area contributed by atoms with Crippen molar-refractivity contribution in [2.45, 2.75) is 65.0 Å². The van der Waals surface area contributed by atoms with Crippen LogP contribution in [-0.4, -0.2) is 40.2 Å². The first kappa shape index (κ1) is 24.0. The number of Topliss-reactive ketones (excluding diaryl/α,β-unsaturated/α-hetero) is 1. The molecule has 1 N–H and O–H groups in total. The number of benzene rings is 1. The number of ketones is 1. The van der Waals surface area contributed by atoms with Gasteiger partial charge in [-0.2, -0.15) is 0 Å². The summed E-state index contributed by atoms with van der Waals surface area (Å²) in [5, 5.41) is 7.58. The highest BCUT2D eigenvalue weighted by Gasteiger charge is 2.43. The van der Waals surface area contributed by atoms with Crippen molar-refractivity contribution in [1.29, 1.82) is 0 Å². The van der Waals surface area contributed by atoms with E-state index in [0.29, 0.717) is 10.8 Å². The maximum Gasteiger partial charge on any atom is 0.243 e. The number of carbonyl (C=O) groups excluding carboxylic acids is 3. The van der Waals surface area contributed by atoms with E-state index in [1.54, 1.807) is 18.2 Å². The fraction of sp³-hybridized carbons (Fsp3) is 0.500. The Morgan fingerprint density at radius 1 is 1.25 bits per heavy atom. The lowest BCUT2D eigenvalue weighted by molar-refractivity contribution is -0.141. The van der Waals surface area contributed by atoms with E-state index in [4.69, 9.17) is 16.1 Å². The first-order valence-electron chi connectivity index (χ1n) is 10.8. The fourth-order valence-corrected chi connectivity index (χ4v) is 3.89. The van der Waals surface area contributed by atoms with Gasteiger partial charge in [0.15, 0.2) is 5.78 Å². The van der Waals surface area contributed by atoms with Crippen molar-refractivity contribution in [1.82, 2.24) is 15.4 Å². The highest BCUT2D eigenvalue weighted by molar-refractivity contribution is 6.30. The van der Waals surface area contributed by atoms with Gasteiger partial charge in [-0.25, -0.2) is 0 Å². The minimum absolute atomic E-state index is 0.00660. The van der Waals surface area contributed by atoms with Crippen LogP contribution in [-0.2, 0) is 26.3 Å². The van der Waals surface area contributed by atoms with E-state index in [9.17, 15) is 14.4 Å². The summed E-state index contributed by atoms with van der Waals surface area (Å²) in [5.41, 5.74) is 1.40. The number of halogens is 1. The monoisotopic (exact) mass is 459 g/mol. The van der Waals surface area contributed by atoms with Crippen LogP contribution < -0.4 is 5.32 Å². The van der Waals surface area contributed by atoms with Gasteiger partial charge in [0.2, 0.25) is 11.8 Å². The summed E-state index contributed by atoms with van der Waals surface area (Å²) < 4.78 is 5.54. The Bertz CT molecular complexity index is 991. The Hall–Kier alpha value is -2.67. The molecule has 0 bridgehead atoms. The van der Waals surface area contributed by atoms with Crippen molar-refractivity contribution < 1.29 is 18.9 Å². The lowest BCUT2D eigenvalue weighted by atomic mass is 9.88. The van der Waals surface area contributed by atoms with E-state index >= 15 is 0 Å². The predicted molar refractivity (Wildman–Crippen MR) is 121 cm³/mol. The molecule has 172 valence electrons. The summed E-state index contributed by atoms with van der Waals surface area (Å²) >= 11 is 5.90. The second-order valence-electron chi connectivity index (χ2n) is 9.66. The van der Waals surface area contributed by atoms with Gasteiger partial charge in [0.1, 0.15) is 17.7 Å². The maximum atomic E-state index is 13.5. The summed E-state index contributed by atoms with van der Waals surface area (Å²) in [6, 6.07) is 8.08. The van der Waals surface area contributed by atoms with Gasteiger partial charge in [0, 0.05) is 29.5 Å². The highest BCUT2D eigenvalue weighted by atomic mass is 35.5. The number of likely N-dealkylation sites (tertiary alicyclic amines) is 1. The second kappa shape index (κ2) is 9.45. The minimum atomic E-state index is -0.839. The van der Waals surface area contributed by atoms with Crippen LogP contribution in [0.25, 0.3) is 0 Å². The summed E-state index contributed by atoms with van der Waals surface area (Å²) in [4.78, 5) is 40.0. The number of nitrogens with one attached hydrogen (secondary N) is 1. The molecule has 1 aromatic heterocycles. The smallest absolute Gasteiger partial charge is 0.243 e. The standard InChI is InChI=1S/C24H30ClN3O4/c1-14(2)21(19-11-20(27-32-19)24(3,4)5)23(31)28-13-17(29)10-18(28)22(30)26-12-15-6-8-16(25)9-7-15/h6-9,11,14,18,21H,10,12-13H2,1-5H3,(H,26,30). The Kier molecular flexibility index (Phi) is 7.08. The number of amides is 2. The number of hydrogen-bond acceptors (Lipinski definition) is 5. The van der Waals surface area contributed by atoms with Crippen LogP contribution in [0.2, 0.25) is 5.02 Å². The van der Waals surface area contributed by atoms with E-state index in [0.717, 1.165) is 11.3 Å². The van der Waals surface area contributed by atoms with Crippen molar-refractivity contribution in [3.05, 3.63) is 52.4 Å². The summed E-state index contributed by atoms with van der Waals surface area (Å²) in [5.74, 6) is -1.06. The van der Waals surface area contributed by atoms with Crippen molar-refractivity contribution in [2.24, 2.45) is 5.92 Å². The van der Waals surface area contributed by atoms with E-state index in [2.05, 4.69) is 10.5 Å². The SMILES string of the molecule is CC(C)C(C(=O)N1CC(=O)CC1C(=O)NCc1ccc(Cl)cc1)c1cc(C(C)(C)C)no1. The third kappa shape index (κ3) is 5.38. The zero-order valence-electron chi connectivity index (χ0n) is 19.1. The van der Waals surface area contributed by atoms with Crippen LogP contribution >= 0.6 is 11.6 Å². The number of carbonyl (C=O) groups is 3. The summed E-state index contributed by atoms with van der Waals surface area (Å²) in [7, 11) is 0. The molecular formula is C24H30ClN3O4. The number of rotatable bonds is 6. The molecule has 2 amide bonds. The van der Waals surface area contributed by atoms with Gasteiger partial charge in [-0.3, -0.25) is 14.4 Å². The van der Waals surface area contributed by atoms with Crippen LogP contribution in [0, 0.1) is 5.92 Å². The Morgan fingerprint density at radius 3 is 2.47 bits per heavy atom. The molecule has 8 heteroatoms. The largest absolute Gasteiger partial charge is 0.360 e. The van der Waals surface area contributed by atoms with Gasteiger partial charge in [0.05, 0.1) is 12.2 Å². The lowest BCUT2D eigenvalue weighted by Gasteiger charge is -2.28. The molecule has 1 fully saturated rings. The third-order valence-corrected chi connectivity index (χ3v) is 5.90. The summed E-state index contributed by atoms with van der Waals surface area (Å²) in [6.07, 6.45) is 0.00660. The predicted octanol–water partition coefficient (Wildman–Crippen LogP) is 3.85. The Labute approximate surface area is 193 Å². The van der Waals surface area contributed by atoms with Crippen LogP contribution in [0.1, 0.15) is 64.0 Å². The third-order valence-electron chi connectivity index (χ3n) is 5.65. The van der Waals surface area contributed by atoms with Gasteiger partial charge in [0.25, 0.3) is 0 Å². The Morgan fingerprint density at radius 2 is 1.91 bits per heavy atom. The van der Waals surface area contributed by atoms with Crippen molar-refractivity contribution in [3.63, 3.8) is 0 Å². The molecule has 3 rings (SSSR count). The van der Waals surface area contributed by atoms with E-state index in [-0.39, 0.29) is 48.4 Å². The zero-order valence-corrected chi connectivity index (χ0v) is 19.9. The molecule has 7 nitrogen and oxygen atoms in total. The van der Waals surface area contributed by atoms with Gasteiger partial charge in [-0.15, -0.1) is 0 Å². The molecule has 0 radical (unpaired) electrons. The maximum absolute atomic E-state index is 13.5. The second-order valence-corrected chi connectivity index (χ2v) is 10.1. The minimum Gasteiger partial charge on any atom is -0.360 e. The number of hydrogen-bond donors (Lipinski definition) is 1. The molecular weight excluding hydrogens is 430 g/mol. The topological polar surface area (TPSA) is 92.5 Å². The van der Waals surface area contributed by atoms with Gasteiger partial charge in [-0.05, 0) is 23.6 Å². The van der Waals surface area contributed by atoms with Crippen LogP contribution in [0.15, 0.2) is 34.9 Å². The van der Waals surface area contributed by atoms with Crippen LogP contribution in [0.5, 0.6) is 0 Å². The average Bonchev–Trinajstić information content (AvgIpc) is 3.34. The molecule has 0 saturated carbocycles. The molecule has 2 unspecified atom stereocenters. The number of nitrogens with zero attached hydrogens (tertiary/aromatic N) is 2. The normalized spacial score (nSPS) is 17.7. The number of aromatic nitrogens is 1.